The topological polar surface area (TPSA) is 79.2 Å². The van der Waals surface area contributed by atoms with Crippen LogP contribution in [0.15, 0.2) is 49.2 Å². The molecule has 0 aliphatic heterocycles. The second kappa shape index (κ2) is 10.8. The molecule has 2 amide bonds. The first-order valence-electron chi connectivity index (χ1n) is 10.2. The number of urea groups is 1. The van der Waals surface area contributed by atoms with E-state index in [1.54, 1.807) is 46.4 Å². The van der Waals surface area contributed by atoms with Crippen LogP contribution in [0.3, 0.4) is 0 Å². The minimum atomic E-state index is -0.223. The molecule has 0 aliphatic rings. The summed E-state index contributed by atoms with van der Waals surface area (Å²) in [5.74, 6) is 0.971. The van der Waals surface area contributed by atoms with Crippen molar-refractivity contribution < 1.29 is 4.79 Å². The van der Waals surface area contributed by atoms with Crippen LogP contribution in [-0.2, 0) is 6.54 Å². The Balaban J connectivity index is 1.79. The molecule has 0 spiro atoms. The third-order valence-corrected chi connectivity index (χ3v) is 5.88. The number of amides is 2. The largest absolute Gasteiger partial charge is 0.322 e. The third-order valence-electron chi connectivity index (χ3n) is 5.14. The number of carbonyl (C=O) groups excluding carboxylic acids is 1. The van der Waals surface area contributed by atoms with Crippen LogP contribution < -0.4 is 5.32 Å². The molecule has 10 heteroatoms. The number of carbonyl (C=O) groups is 1. The number of rotatable bonds is 8. The standard InChI is InChI=1S/C22H27Cl2N7O/c1-15(2)20(29(3)4)12-30(11-16-5-7-18(23)19(24)9-16)22(32)28-17-6-8-21(26-10-17)31-14-25-13-27-31/h5-10,13-15,20H,11-12H2,1-4H3,(H,28,32)/t20-/m0/s1. The van der Waals surface area contributed by atoms with Gasteiger partial charge in [-0.25, -0.2) is 19.4 Å². The number of halogens is 2. The third kappa shape index (κ3) is 6.18. The Morgan fingerprint density at radius 1 is 1.16 bits per heavy atom. The second-order valence-electron chi connectivity index (χ2n) is 8.08. The Morgan fingerprint density at radius 2 is 1.94 bits per heavy atom. The lowest BCUT2D eigenvalue weighted by molar-refractivity contribution is 0.155. The minimum Gasteiger partial charge on any atom is -0.319 e. The lowest BCUT2D eigenvalue weighted by Crippen LogP contribution is -2.46. The van der Waals surface area contributed by atoms with E-state index in [0.717, 1.165) is 5.56 Å². The minimum absolute atomic E-state index is 0.177. The molecule has 0 bridgehead atoms. The molecule has 0 aliphatic carbocycles. The molecule has 0 fully saturated rings. The number of likely N-dealkylation sites (N-methyl/N-ethyl adjacent to an activating group) is 1. The first-order valence-corrected chi connectivity index (χ1v) is 11.0. The number of hydrogen-bond donors (Lipinski definition) is 1. The van der Waals surface area contributed by atoms with E-state index in [-0.39, 0.29) is 12.1 Å². The van der Waals surface area contributed by atoms with Crippen molar-refractivity contribution in [2.24, 2.45) is 5.92 Å². The van der Waals surface area contributed by atoms with Gasteiger partial charge in [-0.3, -0.25) is 0 Å². The fourth-order valence-corrected chi connectivity index (χ4v) is 3.72. The smallest absolute Gasteiger partial charge is 0.319 e. The molecule has 1 N–H and O–H groups in total. The van der Waals surface area contributed by atoms with Gasteiger partial charge in [0.15, 0.2) is 5.82 Å². The number of nitrogens with zero attached hydrogens (tertiary/aromatic N) is 6. The van der Waals surface area contributed by atoms with Crippen LogP contribution in [0.25, 0.3) is 5.82 Å². The molecule has 2 aromatic heterocycles. The van der Waals surface area contributed by atoms with Gasteiger partial charge in [-0.15, -0.1) is 0 Å². The zero-order chi connectivity index (χ0) is 23.3. The van der Waals surface area contributed by atoms with Gasteiger partial charge >= 0.3 is 6.03 Å². The summed E-state index contributed by atoms with van der Waals surface area (Å²) >= 11 is 12.2. The molecule has 1 atom stereocenters. The van der Waals surface area contributed by atoms with Crippen LogP contribution in [-0.4, -0.2) is 62.3 Å². The summed E-state index contributed by atoms with van der Waals surface area (Å²) in [5, 5.41) is 7.95. The van der Waals surface area contributed by atoms with Crippen molar-refractivity contribution in [3.8, 4) is 5.82 Å². The maximum Gasteiger partial charge on any atom is 0.322 e. The molecule has 3 aromatic rings. The normalized spacial score (nSPS) is 12.2. The maximum atomic E-state index is 13.2. The van der Waals surface area contributed by atoms with Crippen LogP contribution in [0.2, 0.25) is 10.0 Å². The molecule has 1 aromatic carbocycles. The number of pyridine rings is 1. The van der Waals surface area contributed by atoms with Crippen LogP contribution in [0.4, 0.5) is 10.5 Å². The number of aromatic nitrogens is 4. The van der Waals surface area contributed by atoms with Crippen LogP contribution in [0.5, 0.6) is 0 Å². The molecular weight excluding hydrogens is 449 g/mol. The quantitative estimate of drug-likeness (QED) is 0.515. The van der Waals surface area contributed by atoms with Crippen molar-refractivity contribution in [3.05, 3.63) is 64.8 Å². The van der Waals surface area contributed by atoms with E-state index in [2.05, 4.69) is 39.1 Å². The van der Waals surface area contributed by atoms with Crippen molar-refractivity contribution >= 4 is 34.9 Å². The molecule has 2 heterocycles. The summed E-state index contributed by atoms with van der Waals surface area (Å²) in [4.78, 5) is 25.4. The highest BCUT2D eigenvalue weighted by atomic mass is 35.5. The predicted octanol–water partition coefficient (Wildman–Crippen LogP) is 4.59. The Kier molecular flexibility index (Phi) is 8.06. The Hall–Kier alpha value is -2.68. The monoisotopic (exact) mass is 475 g/mol. The van der Waals surface area contributed by atoms with Crippen molar-refractivity contribution in [2.45, 2.75) is 26.4 Å². The van der Waals surface area contributed by atoms with Crippen molar-refractivity contribution in [2.75, 3.05) is 26.0 Å². The highest BCUT2D eigenvalue weighted by Gasteiger charge is 2.23. The van der Waals surface area contributed by atoms with Gasteiger partial charge in [-0.2, -0.15) is 5.10 Å². The van der Waals surface area contributed by atoms with Crippen molar-refractivity contribution in [3.63, 3.8) is 0 Å². The number of anilines is 1. The maximum absolute atomic E-state index is 13.2. The SMILES string of the molecule is CC(C)[C@H](CN(Cc1ccc(Cl)c(Cl)c1)C(=O)Nc1ccc(-n2cncn2)nc1)N(C)C. The van der Waals surface area contributed by atoms with E-state index in [9.17, 15) is 4.79 Å². The molecular formula is C22H27Cl2N7O. The average molecular weight is 476 g/mol. The summed E-state index contributed by atoms with van der Waals surface area (Å²) in [6.07, 6.45) is 4.60. The van der Waals surface area contributed by atoms with Gasteiger partial charge in [0.05, 0.1) is 21.9 Å². The van der Waals surface area contributed by atoms with E-state index < -0.39 is 0 Å². The summed E-state index contributed by atoms with van der Waals surface area (Å²) in [5.41, 5.74) is 1.49. The zero-order valence-corrected chi connectivity index (χ0v) is 20.0. The van der Waals surface area contributed by atoms with Gasteiger partial charge in [0.1, 0.15) is 12.7 Å². The lowest BCUT2D eigenvalue weighted by atomic mass is 10.0. The van der Waals surface area contributed by atoms with E-state index >= 15 is 0 Å². The van der Waals surface area contributed by atoms with Crippen LogP contribution in [0.1, 0.15) is 19.4 Å². The molecule has 0 radical (unpaired) electrons. The predicted molar refractivity (Wildman–Crippen MR) is 127 cm³/mol. The average Bonchev–Trinajstić information content (AvgIpc) is 3.28. The highest BCUT2D eigenvalue weighted by Crippen LogP contribution is 2.24. The number of nitrogens with one attached hydrogen (secondary N) is 1. The molecule has 0 saturated heterocycles. The molecule has 8 nitrogen and oxygen atoms in total. The van der Waals surface area contributed by atoms with Gasteiger partial charge in [-0.05, 0) is 49.8 Å². The van der Waals surface area contributed by atoms with Gasteiger partial charge in [0, 0.05) is 19.1 Å². The Bertz CT molecular complexity index is 1020. The first-order chi connectivity index (χ1) is 15.2. The van der Waals surface area contributed by atoms with Crippen molar-refractivity contribution in [1.29, 1.82) is 0 Å². The van der Waals surface area contributed by atoms with E-state index in [4.69, 9.17) is 23.2 Å². The van der Waals surface area contributed by atoms with Gasteiger partial charge < -0.3 is 15.1 Å². The summed E-state index contributed by atoms with van der Waals surface area (Å²) in [6, 6.07) is 8.92. The number of hydrogen-bond acceptors (Lipinski definition) is 5. The summed E-state index contributed by atoms with van der Waals surface area (Å²) in [6.45, 7) is 5.23. The Labute approximate surface area is 198 Å². The van der Waals surface area contributed by atoms with Crippen LogP contribution in [0, 0.1) is 5.92 Å². The number of benzene rings is 1. The van der Waals surface area contributed by atoms with Crippen molar-refractivity contribution in [1.82, 2.24) is 29.5 Å². The van der Waals surface area contributed by atoms with Gasteiger partial charge in [0.25, 0.3) is 0 Å². The summed E-state index contributed by atoms with van der Waals surface area (Å²) in [7, 11) is 4.04. The zero-order valence-electron chi connectivity index (χ0n) is 18.5. The fourth-order valence-electron chi connectivity index (χ4n) is 3.40. The molecule has 0 saturated carbocycles. The fraction of sp³-hybridized carbons (Fsp3) is 0.364. The van der Waals surface area contributed by atoms with E-state index in [0.29, 0.717) is 40.6 Å². The second-order valence-corrected chi connectivity index (χ2v) is 8.89. The molecule has 3 rings (SSSR count). The highest BCUT2D eigenvalue weighted by molar-refractivity contribution is 6.42. The van der Waals surface area contributed by atoms with E-state index in [1.165, 1.54) is 6.33 Å². The molecule has 170 valence electrons. The van der Waals surface area contributed by atoms with Gasteiger partial charge in [-0.1, -0.05) is 43.1 Å². The molecule has 0 unspecified atom stereocenters. The van der Waals surface area contributed by atoms with Crippen LogP contribution >= 0.6 is 23.2 Å². The molecule has 32 heavy (non-hydrogen) atoms. The first kappa shape index (κ1) is 24.0. The van der Waals surface area contributed by atoms with E-state index in [1.807, 2.05) is 20.2 Å². The lowest BCUT2D eigenvalue weighted by Gasteiger charge is -2.34. The summed E-state index contributed by atoms with van der Waals surface area (Å²) < 4.78 is 1.55. The Morgan fingerprint density at radius 3 is 2.50 bits per heavy atom. The van der Waals surface area contributed by atoms with Gasteiger partial charge in [0.2, 0.25) is 0 Å².